The number of nitrogens with zero attached hydrogens (tertiary/aromatic N) is 3. The summed E-state index contributed by atoms with van der Waals surface area (Å²) in [6, 6.07) is 5.94. The standard InChI is InChI=1S/C25H24N4O5S2/c1-13-9-14-10-17-18(34-8-7-33-17)11-16(14)29-22(13)27-28-25(29)35-12-20(30)26-23-21(24(31)32-2)15-5-3-4-6-19(15)36-23/h9-11H,3-8,12H2,1-2H3,(H,26,30). The third-order valence-electron chi connectivity index (χ3n) is 6.44. The molecule has 0 bridgehead atoms. The molecule has 36 heavy (non-hydrogen) atoms. The molecule has 0 radical (unpaired) electrons. The van der Waals surface area contributed by atoms with Crippen LogP contribution in [-0.2, 0) is 22.4 Å². The molecule has 0 saturated heterocycles. The first-order chi connectivity index (χ1) is 17.5. The summed E-state index contributed by atoms with van der Waals surface area (Å²) in [4.78, 5) is 26.6. The Morgan fingerprint density at radius 1 is 1.14 bits per heavy atom. The maximum Gasteiger partial charge on any atom is 0.341 e. The van der Waals surface area contributed by atoms with Crippen molar-refractivity contribution in [2.75, 3.05) is 31.4 Å². The summed E-state index contributed by atoms with van der Waals surface area (Å²) >= 11 is 2.77. The molecule has 4 aromatic rings. The van der Waals surface area contributed by atoms with Crippen LogP contribution >= 0.6 is 23.1 Å². The number of pyridine rings is 1. The summed E-state index contributed by atoms with van der Waals surface area (Å²) in [7, 11) is 1.37. The van der Waals surface area contributed by atoms with Gasteiger partial charge >= 0.3 is 5.97 Å². The SMILES string of the molecule is COC(=O)c1c(NC(=O)CSc2nnc3c(C)cc4cc5c(cc4n23)OCCO5)sc2c1CCCC2. The maximum atomic E-state index is 13.0. The normalized spacial score (nSPS) is 14.6. The Kier molecular flexibility index (Phi) is 5.96. The molecule has 1 aliphatic heterocycles. The number of methoxy groups -OCH3 is 1. The number of esters is 1. The van der Waals surface area contributed by atoms with Crippen molar-refractivity contribution in [1.29, 1.82) is 0 Å². The topological polar surface area (TPSA) is 104 Å². The predicted octanol–water partition coefficient (Wildman–Crippen LogP) is 4.42. The fraction of sp³-hybridized carbons (Fsp3) is 0.360. The van der Waals surface area contributed by atoms with Crippen LogP contribution in [0.4, 0.5) is 5.00 Å². The van der Waals surface area contributed by atoms with Gasteiger partial charge in [-0.25, -0.2) is 4.79 Å². The van der Waals surface area contributed by atoms with Crippen LogP contribution in [0.1, 0.15) is 39.2 Å². The molecule has 0 saturated carbocycles. The molecule has 1 N–H and O–H groups in total. The van der Waals surface area contributed by atoms with Gasteiger partial charge in [-0.3, -0.25) is 9.20 Å². The van der Waals surface area contributed by atoms with E-state index in [1.807, 2.05) is 29.5 Å². The summed E-state index contributed by atoms with van der Waals surface area (Å²) < 4.78 is 18.5. The highest BCUT2D eigenvalue weighted by atomic mass is 32.2. The zero-order valence-electron chi connectivity index (χ0n) is 19.9. The fourth-order valence-electron chi connectivity index (χ4n) is 4.80. The van der Waals surface area contributed by atoms with E-state index >= 15 is 0 Å². The number of nitrogens with one attached hydrogen (secondary N) is 1. The maximum absolute atomic E-state index is 13.0. The number of aromatic nitrogens is 3. The van der Waals surface area contributed by atoms with Crippen LogP contribution in [0.3, 0.4) is 0 Å². The van der Waals surface area contributed by atoms with Crippen molar-refractivity contribution < 1.29 is 23.8 Å². The summed E-state index contributed by atoms with van der Waals surface area (Å²) in [6.45, 7) is 3.00. The molecular formula is C25H24N4O5S2. The highest BCUT2D eigenvalue weighted by Gasteiger charge is 2.27. The number of anilines is 1. The molecule has 1 amide bonds. The molecule has 0 spiro atoms. The van der Waals surface area contributed by atoms with Crippen LogP contribution in [0, 0.1) is 6.92 Å². The Morgan fingerprint density at radius 2 is 1.92 bits per heavy atom. The van der Waals surface area contributed by atoms with E-state index in [9.17, 15) is 9.59 Å². The van der Waals surface area contributed by atoms with E-state index in [0.717, 1.165) is 58.2 Å². The van der Waals surface area contributed by atoms with Gasteiger partial charge in [0.05, 0.1) is 23.9 Å². The second kappa shape index (κ2) is 9.29. The van der Waals surface area contributed by atoms with Gasteiger partial charge in [-0.05, 0) is 55.9 Å². The van der Waals surface area contributed by atoms with Crippen LogP contribution in [0.25, 0.3) is 16.6 Å². The lowest BCUT2D eigenvalue weighted by Crippen LogP contribution is -2.17. The number of rotatable bonds is 5. The van der Waals surface area contributed by atoms with E-state index in [4.69, 9.17) is 14.2 Å². The van der Waals surface area contributed by atoms with E-state index < -0.39 is 5.97 Å². The minimum Gasteiger partial charge on any atom is -0.486 e. The van der Waals surface area contributed by atoms with Crippen LogP contribution in [0.15, 0.2) is 23.4 Å². The number of benzene rings is 1. The van der Waals surface area contributed by atoms with E-state index in [1.165, 1.54) is 30.2 Å². The predicted molar refractivity (Wildman–Crippen MR) is 138 cm³/mol. The average molecular weight is 525 g/mol. The lowest BCUT2D eigenvalue weighted by Gasteiger charge is -2.19. The number of fused-ring (bicyclic) bond motifs is 5. The largest absolute Gasteiger partial charge is 0.486 e. The lowest BCUT2D eigenvalue weighted by molar-refractivity contribution is -0.113. The Morgan fingerprint density at radius 3 is 2.72 bits per heavy atom. The third kappa shape index (κ3) is 3.96. The molecule has 4 heterocycles. The van der Waals surface area contributed by atoms with Crippen molar-refractivity contribution in [3.8, 4) is 11.5 Å². The number of hydrogen-bond donors (Lipinski definition) is 1. The first-order valence-electron chi connectivity index (χ1n) is 11.8. The van der Waals surface area contributed by atoms with Gasteiger partial charge in [0.1, 0.15) is 18.2 Å². The number of hydrogen-bond acceptors (Lipinski definition) is 9. The van der Waals surface area contributed by atoms with Gasteiger partial charge in [-0.1, -0.05) is 11.8 Å². The zero-order chi connectivity index (χ0) is 24.8. The Hall–Kier alpha value is -3.31. The van der Waals surface area contributed by atoms with Gasteiger partial charge in [-0.15, -0.1) is 21.5 Å². The van der Waals surface area contributed by atoms with Crippen molar-refractivity contribution in [3.63, 3.8) is 0 Å². The highest BCUT2D eigenvalue weighted by molar-refractivity contribution is 7.99. The van der Waals surface area contributed by atoms with E-state index in [-0.39, 0.29) is 11.7 Å². The van der Waals surface area contributed by atoms with Crippen LogP contribution in [0.2, 0.25) is 0 Å². The van der Waals surface area contributed by atoms with Crippen molar-refractivity contribution in [3.05, 3.63) is 39.8 Å². The second-order valence-corrected chi connectivity index (χ2v) is 10.8. The van der Waals surface area contributed by atoms with Gasteiger partial charge in [0.2, 0.25) is 5.91 Å². The van der Waals surface area contributed by atoms with Crippen LogP contribution in [-0.4, -0.2) is 52.6 Å². The Labute approximate surface area is 215 Å². The van der Waals surface area contributed by atoms with Gasteiger partial charge in [0, 0.05) is 16.3 Å². The van der Waals surface area contributed by atoms with E-state index in [0.29, 0.717) is 40.4 Å². The van der Waals surface area contributed by atoms with Crippen LogP contribution in [0.5, 0.6) is 11.5 Å². The average Bonchev–Trinajstić information content (AvgIpc) is 3.48. The van der Waals surface area contributed by atoms with E-state index in [1.54, 1.807) is 0 Å². The first kappa shape index (κ1) is 23.1. The molecule has 186 valence electrons. The minimum atomic E-state index is -0.405. The van der Waals surface area contributed by atoms with Crippen molar-refractivity contribution in [2.45, 2.75) is 37.8 Å². The van der Waals surface area contributed by atoms with Gasteiger partial charge in [0.25, 0.3) is 0 Å². The second-order valence-electron chi connectivity index (χ2n) is 8.77. The molecular weight excluding hydrogens is 500 g/mol. The summed E-state index contributed by atoms with van der Waals surface area (Å²) in [5.41, 5.74) is 4.08. The molecule has 11 heteroatoms. The number of carbonyl (C=O) groups excluding carboxylic acids is 2. The van der Waals surface area contributed by atoms with E-state index in [2.05, 4.69) is 15.5 Å². The molecule has 9 nitrogen and oxygen atoms in total. The minimum absolute atomic E-state index is 0.115. The number of thioether (sulfide) groups is 1. The number of aryl methyl sites for hydroxylation is 2. The fourth-order valence-corrected chi connectivity index (χ4v) is 6.84. The Bertz CT molecular complexity index is 1530. The number of thiophene rings is 1. The Balaban J connectivity index is 1.28. The lowest BCUT2D eigenvalue weighted by atomic mass is 9.95. The molecule has 0 atom stereocenters. The molecule has 0 fully saturated rings. The van der Waals surface area contributed by atoms with Gasteiger partial charge < -0.3 is 19.5 Å². The monoisotopic (exact) mass is 524 g/mol. The van der Waals surface area contributed by atoms with Crippen molar-refractivity contribution >= 4 is 56.5 Å². The van der Waals surface area contributed by atoms with Gasteiger partial charge in [0.15, 0.2) is 22.3 Å². The molecule has 1 aromatic carbocycles. The third-order valence-corrected chi connectivity index (χ3v) is 8.57. The number of amides is 1. The highest BCUT2D eigenvalue weighted by Crippen LogP contribution is 2.39. The molecule has 2 aliphatic rings. The molecule has 6 rings (SSSR count). The van der Waals surface area contributed by atoms with Crippen molar-refractivity contribution in [2.24, 2.45) is 0 Å². The summed E-state index contributed by atoms with van der Waals surface area (Å²) in [5, 5.41) is 13.8. The quantitative estimate of drug-likeness (QED) is 0.302. The number of ether oxygens (including phenoxy) is 3. The molecule has 0 unspecified atom stereocenters. The van der Waals surface area contributed by atoms with Gasteiger partial charge in [-0.2, -0.15) is 0 Å². The van der Waals surface area contributed by atoms with Crippen molar-refractivity contribution in [1.82, 2.24) is 14.6 Å². The summed E-state index contributed by atoms with van der Waals surface area (Å²) in [5.74, 6) is 0.889. The smallest absolute Gasteiger partial charge is 0.341 e. The molecule has 3 aromatic heterocycles. The zero-order valence-corrected chi connectivity index (χ0v) is 21.5. The number of carbonyl (C=O) groups is 2. The van der Waals surface area contributed by atoms with Crippen LogP contribution < -0.4 is 14.8 Å². The first-order valence-corrected chi connectivity index (χ1v) is 13.6. The summed E-state index contributed by atoms with van der Waals surface area (Å²) in [6.07, 6.45) is 3.87. The molecule has 1 aliphatic carbocycles.